The number of hydrogen-bond acceptors (Lipinski definition) is 8. The maximum Gasteiger partial charge on any atom is 0.249 e. The van der Waals surface area contributed by atoms with E-state index in [0.717, 1.165) is 15.8 Å². The van der Waals surface area contributed by atoms with E-state index in [2.05, 4.69) is 19.9 Å². The van der Waals surface area contributed by atoms with Crippen LogP contribution in [0.5, 0.6) is 0 Å². The van der Waals surface area contributed by atoms with Crippen LogP contribution >= 0.6 is 11.5 Å². The quantitative estimate of drug-likeness (QED) is 0.807. The van der Waals surface area contributed by atoms with E-state index < -0.39 is 10.0 Å². The Morgan fingerprint density at radius 3 is 2.67 bits per heavy atom. The number of nitrogen functional groups attached to an aromatic ring is 1. The van der Waals surface area contributed by atoms with Crippen LogP contribution in [0, 0.1) is 0 Å². The van der Waals surface area contributed by atoms with Crippen molar-refractivity contribution in [3.05, 3.63) is 12.2 Å². The van der Waals surface area contributed by atoms with Crippen LogP contribution in [0.1, 0.15) is 18.8 Å². The van der Waals surface area contributed by atoms with Gasteiger partial charge in [-0.2, -0.15) is 4.37 Å². The lowest BCUT2D eigenvalue weighted by atomic mass is 10.3. The van der Waals surface area contributed by atoms with Gasteiger partial charge in [-0.1, -0.05) is 0 Å². The fourth-order valence-corrected chi connectivity index (χ4v) is 3.91. The van der Waals surface area contributed by atoms with E-state index >= 15 is 0 Å². The molecular weight excluding hydrogens is 314 g/mol. The highest BCUT2D eigenvalue weighted by Gasteiger charge is 2.28. The zero-order valence-electron chi connectivity index (χ0n) is 12.1. The average Bonchev–Trinajstić information content (AvgIpc) is 2.96. The number of rotatable bonds is 5. The molecule has 2 aromatic rings. The maximum absolute atomic E-state index is 12.3. The minimum absolute atomic E-state index is 0.00785. The Labute approximate surface area is 127 Å². The van der Waals surface area contributed by atoms with E-state index in [1.165, 1.54) is 14.1 Å². The molecule has 0 aromatic carbocycles. The van der Waals surface area contributed by atoms with Crippen LogP contribution in [-0.4, -0.2) is 46.0 Å². The fraction of sp³-hybridized carbons (Fsp3) is 0.500. The lowest BCUT2D eigenvalue weighted by Crippen LogP contribution is -2.24. The second-order valence-corrected chi connectivity index (χ2v) is 7.54. The number of aromatic nitrogens is 4. The zero-order valence-corrected chi connectivity index (χ0v) is 13.7. The Morgan fingerprint density at radius 1 is 1.48 bits per heavy atom. The van der Waals surface area contributed by atoms with Crippen LogP contribution < -0.4 is 11.1 Å². The van der Waals surface area contributed by atoms with E-state index in [9.17, 15) is 8.42 Å². The molecule has 3 N–H and O–H groups in total. The van der Waals surface area contributed by atoms with Crippen molar-refractivity contribution in [1.29, 1.82) is 0 Å². The molecule has 0 aliphatic carbocycles. The van der Waals surface area contributed by atoms with Crippen LogP contribution in [0.2, 0.25) is 0 Å². The van der Waals surface area contributed by atoms with Gasteiger partial charge < -0.3 is 15.6 Å². The largest absolute Gasteiger partial charge is 0.382 e. The second kappa shape index (κ2) is 5.58. The summed E-state index contributed by atoms with van der Waals surface area (Å²) in [6.45, 7) is 1.85. The van der Waals surface area contributed by atoms with Crippen molar-refractivity contribution < 1.29 is 8.42 Å². The molecule has 0 saturated heterocycles. The van der Waals surface area contributed by atoms with Crippen LogP contribution in [-0.2, 0) is 17.1 Å². The molecule has 0 aliphatic heterocycles. The third-order valence-corrected chi connectivity index (χ3v) is 5.71. The van der Waals surface area contributed by atoms with Crippen molar-refractivity contribution in [1.82, 2.24) is 23.4 Å². The molecular formula is C10H17N7O2S2. The molecule has 0 saturated carbocycles. The molecule has 2 rings (SSSR count). The minimum Gasteiger partial charge on any atom is -0.382 e. The monoisotopic (exact) mass is 331 g/mol. The highest BCUT2D eigenvalue weighted by molar-refractivity contribution is 7.89. The number of nitrogens with two attached hydrogens (primary N) is 1. The number of sulfonamides is 1. The van der Waals surface area contributed by atoms with Gasteiger partial charge in [0.15, 0.2) is 16.5 Å². The van der Waals surface area contributed by atoms with Crippen molar-refractivity contribution in [2.24, 2.45) is 7.05 Å². The number of aryl methyl sites for hydroxylation is 1. The summed E-state index contributed by atoms with van der Waals surface area (Å²) < 4.78 is 31.4. The molecule has 21 heavy (non-hydrogen) atoms. The summed E-state index contributed by atoms with van der Waals surface area (Å²) in [7, 11) is 1.04. The molecule has 2 heterocycles. The summed E-state index contributed by atoms with van der Waals surface area (Å²) in [5, 5.41) is 11.3. The first-order valence-electron chi connectivity index (χ1n) is 6.03. The molecule has 0 fully saturated rings. The van der Waals surface area contributed by atoms with Gasteiger partial charge in [-0.15, -0.1) is 10.2 Å². The number of anilines is 2. The van der Waals surface area contributed by atoms with E-state index in [-0.39, 0.29) is 16.8 Å². The van der Waals surface area contributed by atoms with Crippen molar-refractivity contribution in [3.8, 4) is 0 Å². The molecule has 9 nitrogen and oxygen atoms in total. The summed E-state index contributed by atoms with van der Waals surface area (Å²) in [4.78, 5) is -0.00785. The van der Waals surface area contributed by atoms with Gasteiger partial charge in [0, 0.05) is 21.1 Å². The predicted molar refractivity (Wildman–Crippen MR) is 80.4 cm³/mol. The second-order valence-electron chi connectivity index (χ2n) is 4.68. The van der Waals surface area contributed by atoms with Gasteiger partial charge in [0.05, 0.1) is 6.04 Å². The Bertz CT molecular complexity index is 734. The third-order valence-electron chi connectivity index (χ3n) is 2.89. The van der Waals surface area contributed by atoms with Crippen LogP contribution in [0.4, 0.5) is 10.8 Å². The molecule has 0 aliphatic rings. The first kappa shape index (κ1) is 15.7. The lowest BCUT2D eigenvalue weighted by Gasteiger charge is -2.16. The molecule has 1 unspecified atom stereocenters. The first-order valence-corrected chi connectivity index (χ1v) is 8.24. The van der Waals surface area contributed by atoms with Crippen molar-refractivity contribution in [2.75, 3.05) is 25.1 Å². The molecule has 11 heteroatoms. The van der Waals surface area contributed by atoms with Crippen molar-refractivity contribution in [3.63, 3.8) is 0 Å². The third kappa shape index (κ3) is 2.84. The summed E-state index contributed by atoms with van der Waals surface area (Å²) in [5.74, 6) is 0.663. The Balaban J connectivity index is 2.37. The fourth-order valence-electron chi connectivity index (χ4n) is 1.76. The van der Waals surface area contributed by atoms with E-state index in [1.807, 2.05) is 14.0 Å². The topological polar surface area (TPSA) is 119 Å². The predicted octanol–water partition coefficient (Wildman–Crippen LogP) is 0.277. The molecule has 1 atom stereocenters. The molecule has 0 bridgehead atoms. The number of nitrogens with one attached hydrogen (secondary N) is 1. The van der Waals surface area contributed by atoms with E-state index in [0.29, 0.717) is 10.8 Å². The number of hydrogen-bond donors (Lipinski definition) is 2. The first-order chi connectivity index (χ1) is 9.75. The van der Waals surface area contributed by atoms with Crippen LogP contribution in [0.15, 0.2) is 11.2 Å². The Morgan fingerprint density at radius 2 is 2.14 bits per heavy atom. The zero-order chi connectivity index (χ0) is 15.8. The highest BCUT2D eigenvalue weighted by Crippen LogP contribution is 2.34. The van der Waals surface area contributed by atoms with Gasteiger partial charge >= 0.3 is 0 Å². The van der Waals surface area contributed by atoms with Gasteiger partial charge in [0.2, 0.25) is 10.0 Å². The molecule has 116 valence electrons. The highest BCUT2D eigenvalue weighted by atomic mass is 32.2. The van der Waals surface area contributed by atoms with Crippen LogP contribution in [0.3, 0.4) is 0 Å². The van der Waals surface area contributed by atoms with Crippen molar-refractivity contribution >= 4 is 32.4 Å². The average molecular weight is 331 g/mol. The lowest BCUT2D eigenvalue weighted by molar-refractivity contribution is 0.521. The molecule has 0 spiro atoms. The van der Waals surface area contributed by atoms with Gasteiger partial charge in [0.25, 0.3) is 0 Å². The Hall–Kier alpha value is -1.72. The van der Waals surface area contributed by atoms with Gasteiger partial charge in [-0.25, -0.2) is 12.7 Å². The van der Waals surface area contributed by atoms with Crippen molar-refractivity contribution in [2.45, 2.75) is 17.9 Å². The van der Waals surface area contributed by atoms with Gasteiger partial charge in [-0.05, 0) is 18.5 Å². The summed E-state index contributed by atoms with van der Waals surface area (Å²) in [5.41, 5.74) is 5.71. The van der Waals surface area contributed by atoms with E-state index in [1.54, 1.807) is 10.9 Å². The van der Waals surface area contributed by atoms with E-state index in [4.69, 9.17) is 5.73 Å². The smallest absolute Gasteiger partial charge is 0.249 e. The Kier molecular flexibility index (Phi) is 4.16. The summed E-state index contributed by atoms with van der Waals surface area (Å²) in [6.07, 6.45) is 1.58. The summed E-state index contributed by atoms with van der Waals surface area (Å²) in [6, 6.07) is -0.242. The standard InChI is InChI=1S/C10H17N7O2S2/c1-6(9-14-12-5-17(9)4)13-10-7(8(11)15-20-10)21(18,19)16(2)3/h5-6,13H,1-4H3,(H2,11,15). The molecule has 2 aromatic heterocycles. The molecule has 0 radical (unpaired) electrons. The van der Waals surface area contributed by atoms with Crippen LogP contribution in [0.25, 0.3) is 0 Å². The molecule has 0 amide bonds. The summed E-state index contributed by atoms with van der Waals surface area (Å²) >= 11 is 1.00. The SMILES string of the molecule is CC(Nc1snc(N)c1S(=O)(=O)N(C)C)c1nncn1C. The van der Waals surface area contributed by atoms with Gasteiger partial charge in [-0.3, -0.25) is 0 Å². The van der Waals surface area contributed by atoms with Gasteiger partial charge in [0.1, 0.15) is 11.3 Å². The normalized spacial score (nSPS) is 13.6. The maximum atomic E-state index is 12.3. The number of nitrogens with zero attached hydrogens (tertiary/aromatic N) is 5. The minimum atomic E-state index is -3.67.